The second-order valence-corrected chi connectivity index (χ2v) is 8.11. The molecule has 2 heterocycles. The van der Waals surface area contributed by atoms with Crippen molar-refractivity contribution in [3.63, 3.8) is 0 Å². The van der Waals surface area contributed by atoms with Crippen LogP contribution in [0.25, 0.3) is 0 Å². The molecule has 21 heavy (non-hydrogen) atoms. The Hall–Kier alpha value is -0.680. The lowest BCUT2D eigenvalue weighted by molar-refractivity contribution is 0.125. The summed E-state index contributed by atoms with van der Waals surface area (Å²) in [7, 11) is 0. The molecule has 0 aliphatic heterocycles. The molecule has 2 nitrogen and oxygen atoms in total. The van der Waals surface area contributed by atoms with E-state index in [0.717, 1.165) is 25.8 Å². The van der Waals surface area contributed by atoms with Crippen molar-refractivity contribution in [2.45, 2.75) is 38.1 Å². The zero-order valence-electron chi connectivity index (χ0n) is 12.3. The average Bonchev–Trinajstić information content (AvgIpc) is 3.24. The van der Waals surface area contributed by atoms with E-state index in [0.29, 0.717) is 12.6 Å². The highest BCUT2D eigenvalue weighted by molar-refractivity contribution is 7.10. The number of aliphatic hydroxyl groups is 1. The van der Waals surface area contributed by atoms with Crippen LogP contribution in [0.15, 0.2) is 35.0 Å². The van der Waals surface area contributed by atoms with Gasteiger partial charge in [0, 0.05) is 40.8 Å². The lowest BCUT2D eigenvalue weighted by Crippen LogP contribution is -2.37. The third-order valence-corrected chi connectivity index (χ3v) is 6.48. The summed E-state index contributed by atoms with van der Waals surface area (Å²) in [5, 5.41) is 17.8. The maximum Gasteiger partial charge on any atom is 0.0499 e. The van der Waals surface area contributed by atoms with Gasteiger partial charge in [-0.3, -0.25) is 0 Å². The number of thiophene rings is 2. The lowest BCUT2D eigenvalue weighted by atomic mass is 9.87. The lowest BCUT2D eigenvalue weighted by Gasteiger charge is -2.29. The van der Waals surface area contributed by atoms with Crippen molar-refractivity contribution < 1.29 is 5.11 Å². The molecular weight excluding hydrogens is 298 g/mol. The minimum atomic E-state index is 0.116. The van der Waals surface area contributed by atoms with E-state index in [-0.39, 0.29) is 5.41 Å². The Balaban J connectivity index is 1.67. The molecule has 0 bridgehead atoms. The fourth-order valence-electron chi connectivity index (χ4n) is 3.25. The van der Waals surface area contributed by atoms with E-state index in [9.17, 15) is 5.11 Å². The zero-order valence-corrected chi connectivity index (χ0v) is 13.9. The molecule has 4 heteroatoms. The van der Waals surface area contributed by atoms with E-state index in [1.54, 1.807) is 0 Å². The van der Waals surface area contributed by atoms with Gasteiger partial charge in [-0.2, -0.15) is 0 Å². The molecule has 0 saturated heterocycles. The minimum Gasteiger partial charge on any atom is -0.396 e. The molecule has 3 rings (SSSR count). The molecule has 1 unspecified atom stereocenters. The van der Waals surface area contributed by atoms with Crippen molar-refractivity contribution in [3.05, 3.63) is 44.8 Å². The van der Waals surface area contributed by atoms with Crippen LogP contribution >= 0.6 is 22.7 Å². The van der Waals surface area contributed by atoms with E-state index in [1.807, 2.05) is 22.7 Å². The van der Waals surface area contributed by atoms with Gasteiger partial charge in [-0.25, -0.2) is 0 Å². The van der Waals surface area contributed by atoms with E-state index in [1.165, 1.54) is 22.6 Å². The third-order valence-electron chi connectivity index (χ3n) is 4.60. The van der Waals surface area contributed by atoms with Crippen molar-refractivity contribution in [1.82, 2.24) is 5.32 Å². The van der Waals surface area contributed by atoms with Crippen LogP contribution in [-0.2, 0) is 6.42 Å². The molecule has 0 spiro atoms. The molecule has 2 aromatic heterocycles. The summed E-state index contributed by atoms with van der Waals surface area (Å²) in [6, 6.07) is 9.05. The Morgan fingerprint density at radius 3 is 2.52 bits per heavy atom. The summed E-state index contributed by atoms with van der Waals surface area (Å²) >= 11 is 3.65. The average molecular weight is 322 g/mol. The van der Waals surface area contributed by atoms with Gasteiger partial charge in [0.25, 0.3) is 0 Å². The summed E-state index contributed by atoms with van der Waals surface area (Å²) in [4.78, 5) is 2.82. The summed E-state index contributed by atoms with van der Waals surface area (Å²) in [6.45, 7) is 1.24. The summed E-state index contributed by atoms with van der Waals surface area (Å²) in [5.74, 6) is 0. The second kappa shape index (κ2) is 7.05. The largest absolute Gasteiger partial charge is 0.396 e. The molecule has 2 aromatic rings. The summed E-state index contributed by atoms with van der Waals surface area (Å²) < 4.78 is 0. The first-order valence-electron chi connectivity index (χ1n) is 7.71. The van der Waals surface area contributed by atoms with Crippen LogP contribution in [0, 0.1) is 5.41 Å². The number of hydrogen-bond donors (Lipinski definition) is 2. The molecule has 1 aliphatic carbocycles. The molecule has 0 aromatic carbocycles. The van der Waals surface area contributed by atoms with Crippen molar-refractivity contribution >= 4 is 22.7 Å². The molecule has 1 fully saturated rings. The topological polar surface area (TPSA) is 32.3 Å². The van der Waals surface area contributed by atoms with Gasteiger partial charge in [0.2, 0.25) is 0 Å². The fourth-order valence-corrected chi connectivity index (χ4v) is 4.80. The molecule has 1 aliphatic rings. The molecule has 114 valence electrons. The minimum absolute atomic E-state index is 0.116. The van der Waals surface area contributed by atoms with E-state index >= 15 is 0 Å². The van der Waals surface area contributed by atoms with Gasteiger partial charge >= 0.3 is 0 Å². The maximum atomic E-state index is 9.78. The number of aliphatic hydroxyl groups excluding tert-OH is 1. The number of hydrogen-bond acceptors (Lipinski definition) is 4. The van der Waals surface area contributed by atoms with Crippen LogP contribution in [-0.4, -0.2) is 18.3 Å². The van der Waals surface area contributed by atoms with Gasteiger partial charge in [-0.15, -0.1) is 22.7 Å². The van der Waals surface area contributed by atoms with Gasteiger partial charge in [0.1, 0.15) is 0 Å². The Morgan fingerprint density at radius 1 is 1.14 bits per heavy atom. The van der Waals surface area contributed by atoms with Gasteiger partial charge in [0.15, 0.2) is 0 Å². The van der Waals surface area contributed by atoms with Gasteiger partial charge in [-0.1, -0.05) is 25.0 Å². The standard InChI is InChI=1S/C17H23NOS2/c19-13-17(7-1-2-8-17)12-18-15(16-6-4-10-21-16)11-14-5-3-9-20-14/h3-6,9-10,15,18-19H,1-2,7-8,11-13H2. The van der Waals surface area contributed by atoms with Gasteiger partial charge < -0.3 is 10.4 Å². The molecule has 2 N–H and O–H groups in total. The Kier molecular flexibility index (Phi) is 5.11. The van der Waals surface area contributed by atoms with Crippen molar-refractivity contribution in [1.29, 1.82) is 0 Å². The van der Waals surface area contributed by atoms with Crippen LogP contribution in [0.4, 0.5) is 0 Å². The van der Waals surface area contributed by atoms with Crippen molar-refractivity contribution in [3.8, 4) is 0 Å². The predicted molar refractivity (Wildman–Crippen MR) is 91.1 cm³/mol. The number of nitrogens with one attached hydrogen (secondary N) is 1. The third kappa shape index (κ3) is 3.75. The first-order chi connectivity index (χ1) is 10.3. The van der Waals surface area contributed by atoms with Crippen LogP contribution in [0.3, 0.4) is 0 Å². The number of rotatable bonds is 7. The highest BCUT2D eigenvalue weighted by atomic mass is 32.1. The molecule has 0 amide bonds. The quantitative estimate of drug-likeness (QED) is 0.799. The highest BCUT2D eigenvalue weighted by Crippen LogP contribution is 2.38. The smallest absolute Gasteiger partial charge is 0.0499 e. The molecule has 1 saturated carbocycles. The highest BCUT2D eigenvalue weighted by Gasteiger charge is 2.33. The molecular formula is C17H23NOS2. The Bertz CT molecular complexity index is 515. The zero-order chi connectivity index (χ0) is 14.5. The summed E-state index contributed by atoms with van der Waals surface area (Å²) in [5.41, 5.74) is 0.116. The first-order valence-corrected chi connectivity index (χ1v) is 9.47. The van der Waals surface area contributed by atoms with Crippen LogP contribution in [0.2, 0.25) is 0 Å². The summed E-state index contributed by atoms with van der Waals surface area (Å²) in [6.07, 6.45) is 5.88. The Morgan fingerprint density at radius 2 is 1.90 bits per heavy atom. The predicted octanol–water partition coefficient (Wildman–Crippen LogP) is 4.24. The van der Waals surface area contributed by atoms with Crippen molar-refractivity contribution in [2.24, 2.45) is 5.41 Å². The van der Waals surface area contributed by atoms with Crippen molar-refractivity contribution in [2.75, 3.05) is 13.2 Å². The van der Waals surface area contributed by atoms with Crippen LogP contribution in [0.1, 0.15) is 41.5 Å². The monoisotopic (exact) mass is 321 g/mol. The van der Waals surface area contributed by atoms with E-state index in [2.05, 4.69) is 40.3 Å². The SMILES string of the molecule is OCC1(CNC(Cc2cccs2)c2cccs2)CCCC1. The fraction of sp³-hybridized carbons (Fsp3) is 0.529. The van der Waals surface area contributed by atoms with E-state index < -0.39 is 0 Å². The van der Waals surface area contributed by atoms with Gasteiger partial charge in [-0.05, 0) is 35.7 Å². The van der Waals surface area contributed by atoms with Gasteiger partial charge in [0.05, 0.1) is 0 Å². The molecule has 1 atom stereocenters. The van der Waals surface area contributed by atoms with Crippen LogP contribution in [0.5, 0.6) is 0 Å². The molecule has 0 radical (unpaired) electrons. The maximum absolute atomic E-state index is 9.78. The first kappa shape index (κ1) is 15.2. The van der Waals surface area contributed by atoms with E-state index in [4.69, 9.17) is 0 Å². The Labute approximate surface area is 134 Å². The normalized spacial score (nSPS) is 18.9. The van der Waals surface area contributed by atoms with Crippen LogP contribution < -0.4 is 5.32 Å². The second-order valence-electron chi connectivity index (χ2n) is 6.10.